The van der Waals surface area contributed by atoms with Crippen LogP contribution in [0.15, 0.2) is 34.5 Å². The first kappa shape index (κ1) is 14.6. The van der Waals surface area contributed by atoms with Crippen LogP contribution >= 0.6 is 15.9 Å². The molecule has 0 amide bonds. The average molecular weight is 324 g/mol. The maximum Gasteiger partial charge on any atom is 0.0876 e. The van der Waals surface area contributed by atoms with Gasteiger partial charge >= 0.3 is 0 Å². The Bertz CT molecular complexity index is 456. The molecule has 1 aromatic carbocycles. The third-order valence-corrected chi connectivity index (χ3v) is 4.55. The number of rotatable bonds is 5. The lowest BCUT2D eigenvalue weighted by atomic mass is 9.94. The molecule has 1 heterocycles. The standard InChI is InChI=1S/C16H22BrNO/c1-3-9-18-16(13-7-5-10-19-11-13)14-8-4-6-12(2)15(14)17/h4,6,8,11,16,18H,3,5,7,9-10H2,1-2H3. The van der Waals surface area contributed by atoms with Crippen molar-refractivity contribution in [1.82, 2.24) is 5.32 Å². The molecule has 0 spiro atoms. The van der Waals surface area contributed by atoms with Crippen LogP contribution in [0.25, 0.3) is 0 Å². The molecule has 0 bridgehead atoms. The summed E-state index contributed by atoms with van der Waals surface area (Å²) in [5.74, 6) is 0. The van der Waals surface area contributed by atoms with E-state index in [0.717, 1.165) is 32.4 Å². The quantitative estimate of drug-likeness (QED) is 0.861. The van der Waals surface area contributed by atoms with Crippen LogP contribution in [0, 0.1) is 6.92 Å². The van der Waals surface area contributed by atoms with E-state index in [0.29, 0.717) is 0 Å². The number of ether oxygens (including phenoxy) is 1. The van der Waals surface area contributed by atoms with Crippen molar-refractivity contribution in [3.8, 4) is 0 Å². The summed E-state index contributed by atoms with van der Waals surface area (Å²) in [6.07, 6.45) is 5.31. The average Bonchev–Trinajstić information content (AvgIpc) is 2.45. The van der Waals surface area contributed by atoms with E-state index in [-0.39, 0.29) is 6.04 Å². The molecule has 1 aliphatic heterocycles. The lowest BCUT2D eigenvalue weighted by Gasteiger charge is -2.26. The van der Waals surface area contributed by atoms with E-state index in [1.165, 1.54) is 21.2 Å². The molecule has 3 heteroatoms. The minimum atomic E-state index is 0.259. The highest BCUT2D eigenvalue weighted by molar-refractivity contribution is 9.10. The van der Waals surface area contributed by atoms with Crippen LogP contribution < -0.4 is 5.32 Å². The predicted octanol–water partition coefficient (Wildman–Crippen LogP) is 4.49. The second-order valence-electron chi connectivity index (χ2n) is 5.03. The van der Waals surface area contributed by atoms with Gasteiger partial charge in [-0.15, -0.1) is 0 Å². The summed E-state index contributed by atoms with van der Waals surface area (Å²) >= 11 is 3.73. The van der Waals surface area contributed by atoms with Crippen LogP contribution in [-0.2, 0) is 4.74 Å². The number of aryl methyl sites for hydroxylation is 1. The second-order valence-corrected chi connectivity index (χ2v) is 5.83. The van der Waals surface area contributed by atoms with Gasteiger partial charge in [0.15, 0.2) is 0 Å². The molecule has 1 aromatic rings. The molecule has 104 valence electrons. The Morgan fingerprint density at radius 2 is 2.26 bits per heavy atom. The van der Waals surface area contributed by atoms with E-state index in [1.54, 1.807) is 0 Å². The van der Waals surface area contributed by atoms with Gasteiger partial charge in [0, 0.05) is 4.47 Å². The molecule has 0 aliphatic carbocycles. The summed E-state index contributed by atoms with van der Waals surface area (Å²) in [4.78, 5) is 0. The molecule has 0 saturated carbocycles. The van der Waals surface area contributed by atoms with E-state index in [4.69, 9.17) is 4.74 Å². The van der Waals surface area contributed by atoms with E-state index in [2.05, 4.69) is 53.3 Å². The highest BCUT2D eigenvalue weighted by atomic mass is 79.9. The van der Waals surface area contributed by atoms with E-state index < -0.39 is 0 Å². The van der Waals surface area contributed by atoms with Gasteiger partial charge in [-0.2, -0.15) is 0 Å². The molecule has 2 rings (SSSR count). The molecule has 0 fully saturated rings. The van der Waals surface area contributed by atoms with Crippen molar-refractivity contribution in [3.63, 3.8) is 0 Å². The second kappa shape index (κ2) is 7.11. The number of halogens is 1. The van der Waals surface area contributed by atoms with Crippen molar-refractivity contribution in [1.29, 1.82) is 0 Å². The zero-order chi connectivity index (χ0) is 13.7. The summed E-state index contributed by atoms with van der Waals surface area (Å²) < 4.78 is 6.72. The minimum Gasteiger partial charge on any atom is -0.501 e. The maximum atomic E-state index is 5.52. The molecular formula is C16H22BrNO. The van der Waals surface area contributed by atoms with Crippen molar-refractivity contribution < 1.29 is 4.74 Å². The minimum absolute atomic E-state index is 0.259. The smallest absolute Gasteiger partial charge is 0.0876 e. The van der Waals surface area contributed by atoms with Crippen molar-refractivity contribution in [3.05, 3.63) is 45.6 Å². The predicted molar refractivity (Wildman–Crippen MR) is 83.2 cm³/mol. The van der Waals surface area contributed by atoms with Crippen LogP contribution in [-0.4, -0.2) is 13.2 Å². The van der Waals surface area contributed by atoms with Crippen LogP contribution in [0.2, 0.25) is 0 Å². The first-order valence-electron chi connectivity index (χ1n) is 7.03. The summed E-state index contributed by atoms with van der Waals surface area (Å²) in [5.41, 5.74) is 3.94. The van der Waals surface area contributed by atoms with Gasteiger partial charge in [-0.3, -0.25) is 0 Å². The highest BCUT2D eigenvalue weighted by Gasteiger charge is 2.21. The van der Waals surface area contributed by atoms with Gasteiger partial charge < -0.3 is 10.1 Å². The molecule has 0 saturated heterocycles. The molecule has 0 aromatic heterocycles. The normalized spacial score (nSPS) is 16.7. The topological polar surface area (TPSA) is 21.3 Å². The largest absolute Gasteiger partial charge is 0.501 e. The van der Waals surface area contributed by atoms with Crippen molar-refractivity contribution in [2.24, 2.45) is 0 Å². The van der Waals surface area contributed by atoms with Crippen LogP contribution in [0.3, 0.4) is 0 Å². The zero-order valence-electron chi connectivity index (χ0n) is 11.7. The fourth-order valence-corrected chi connectivity index (χ4v) is 2.91. The van der Waals surface area contributed by atoms with Gasteiger partial charge in [0.2, 0.25) is 0 Å². The van der Waals surface area contributed by atoms with Crippen molar-refractivity contribution in [2.45, 2.75) is 39.2 Å². The van der Waals surface area contributed by atoms with Crippen LogP contribution in [0.4, 0.5) is 0 Å². The Morgan fingerprint density at radius 3 is 2.95 bits per heavy atom. The van der Waals surface area contributed by atoms with E-state index in [9.17, 15) is 0 Å². The summed E-state index contributed by atoms with van der Waals surface area (Å²) in [6.45, 7) is 6.19. The van der Waals surface area contributed by atoms with Gasteiger partial charge in [0.1, 0.15) is 0 Å². The maximum absolute atomic E-state index is 5.52. The van der Waals surface area contributed by atoms with Gasteiger partial charge in [-0.25, -0.2) is 0 Å². The molecular weight excluding hydrogens is 302 g/mol. The number of hydrogen-bond acceptors (Lipinski definition) is 2. The van der Waals surface area contributed by atoms with Gasteiger partial charge in [-0.1, -0.05) is 41.1 Å². The number of hydrogen-bond donors (Lipinski definition) is 1. The highest BCUT2D eigenvalue weighted by Crippen LogP contribution is 2.33. The fourth-order valence-electron chi connectivity index (χ4n) is 2.42. The third kappa shape index (κ3) is 3.61. The molecule has 1 aliphatic rings. The number of nitrogens with one attached hydrogen (secondary N) is 1. The fraction of sp³-hybridized carbons (Fsp3) is 0.500. The first-order valence-corrected chi connectivity index (χ1v) is 7.82. The van der Waals surface area contributed by atoms with Gasteiger partial charge in [0.05, 0.1) is 18.9 Å². The van der Waals surface area contributed by atoms with Crippen molar-refractivity contribution >= 4 is 15.9 Å². The Labute approximate surface area is 124 Å². The van der Waals surface area contributed by atoms with E-state index >= 15 is 0 Å². The third-order valence-electron chi connectivity index (χ3n) is 3.46. The molecule has 0 radical (unpaired) electrons. The molecule has 19 heavy (non-hydrogen) atoms. The molecule has 1 atom stereocenters. The van der Waals surface area contributed by atoms with Crippen LogP contribution in [0.1, 0.15) is 43.4 Å². The summed E-state index contributed by atoms with van der Waals surface area (Å²) in [7, 11) is 0. The molecule has 1 unspecified atom stereocenters. The Kier molecular flexibility index (Phi) is 5.46. The zero-order valence-corrected chi connectivity index (χ0v) is 13.3. The van der Waals surface area contributed by atoms with E-state index in [1.807, 2.05) is 6.26 Å². The van der Waals surface area contributed by atoms with Crippen LogP contribution in [0.5, 0.6) is 0 Å². The molecule has 2 nitrogen and oxygen atoms in total. The Balaban J connectivity index is 2.30. The molecule has 1 N–H and O–H groups in total. The van der Waals surface area contributed by atoms with Gasteiger partial charge in [0.25, 0.3) is 0 Å². The monoisotopic (exact) mass is 323 g/mol. The van der Waals surface area contributed by atoms with Crippen molar-refractivity contribution in [2.75, 3.05) is 13.2 Å². The van der Waals surface area contributed by atoms with Gasteiger partial charge in [-0.05, 0) is 49.4 Å². The Morgan fingerprint density at radius 1 is 1.42 bits per heavy atom. The Hall–Kier alpha value is -0.800. The summed E-state index contributed by atoms with van der Waals surface area (Å²) in [6, 6.07) is 6.71. The SMILES string of the molecule is CCCNC(C1=COCCC1)c1cccc(C)c1Br. The first-order chi connectivity index (χ1) is 9.24. The lowest BCUT2D eigenvalue weighted by molar-refractivity contribution is 0.219. The number of benzene rings is 1. The summed E-state index contributed by atoms with van der Waals surface area (Å²) in [5, 5.41) is 3.65. The lowest BCUT2D eigenvalue weighted by Crippen LogP contribution is -2.25.